The van der Waals surface area contributed by atoms with Gasteiger partial charge in [0.1, 0.15) is 0 Å². The molecule has 0 aliphatic heterocycles. The third-order valence-electron chi connectivity index (χ3n) is 2.43. The molecule has 0 saturated carbocycles. The summed E-state index contributed by atoms with van der Waals surface area (Å²) in [5.41, 5.74) is 6.90. The second-order valence-corrected chi connectivity index (χ2v) is 5.90. The molecule has 0 atom stereocenters. The molecule has 0 radical (unpaired) electrons. The summed E-state index contributed by atoms with van der Waals surface area (Å²) in [5, 5.41) is 0. The van der Waals surface area contributed by atoms with E-state index in [2.05, 4.69) is 4.72 Å². The number of unbranched alkanes of at least 4 members (excludes halogenated alkanes) is 1. The quantitative estimate of drug-likeness (QED) is 0.549. The first-order valence-corrected chi connectivity index (χ1v) is 7.49. The number of rotatable bonds is 8. The second-order valence-electron chi connectivity index (χ2n) is 4.09. The van der Waals surface area contributed by atoms with Gasteiger partial charge in [0.2, 0.25) is 10.0 Å². The molecule has 0 unspecified atom stereocenters. The zero-order valence-electron chi connectivity index (χ0n) is 10.6. The predicted octanol–water partition coefficient (Wildman–Crippen LogP) is 1.11. The van der Waals surface area contributed by atoms with E-state index in [1.807, 2.05) is 0 Å². The first kappa shape index (κ1) is 14.9. The Morgan fingerprint density at radius 1 is 1.22 bits per heavy atom. The summed E-state index contributed by atoms with van der Waals surface area (Å²) in [6.07, 6.45) is 1.62. The smallest absolute Gasteiger partial charge is 0.215 e. The van der Waals surface area contributed by atoms with Crippen molar-refractivity contribution in [3.63, 3.8) is 0 Å². The summed E-state index contributed by atoms with van der Waals surface area (Å²) >= 11 is 0. The van der Waals surface area contributed by atoms with Crippen LogP contribution < -0.4 is 10.5 Å². The highest BCUT2D eigenvalue weighted by Gasteiger charge is 2.10. The van der Waals surface area contributed by atoms with E-state index in [0.717, 1.165) is 18.4 Å². The lowest BCUT2D eigenvalue weighted by atomic mass is 10.2. The van der Waals surface area contributed by atoms with Crippen molar-refractivity contribution in [3.8, 4) is 0 Å². The fourth-order valence-electron chi connectivity index (χ4n) is 1.48. The third kappa shape index (κ3) is 6.00. The maximum absolute atomic E-state index is 11.7. The summed E-state index contributed by atoms with van der Waals surface area (Å²) in [6.45, 7) is 1.10. The van der Waals surface area contributed by atoms with Gasteiger partial charge in [0.05, 0.1) is 5.75 Å². The SMILES string of the molecule is COCCCCNS(=O)(=O)Cc1ccc(N)cc1. The maximum atomic E-state index is 11.7. The van der Waals surface area contributed by atoms with E-state index in [-0.39, 0.29) is 5.75 Å². The number of methoxy groups -OCH3 is 1. The number of hydrogen-bond acceptors (Lipinski definition) is 4. The number of nitrogens with one attached hydrogen (secondary N) is 1. The maximum Gasteiger partial charge on any atom is 0.215 e. The van der Waals surface area contributed by atoms with Crippen molar-refractivity contribution >= 4 is 15.7 Å². The molecule has 3 N–H and O–H groups in total. The van der Waals surface area contributed by atoms with Gasteiger partial charge in [-0.05, 0) is 30.5 Å². The van der Waals surface area contributed by atoms with Crippen molar-refractivity contribution in [1.82, 2.24) is 4.72 Å². The molecular weight excluding hydrogens is 252 g/mol. The Kier molecular flexibility index (Phi) is 6.11. The van der Waals surface area contributed by atoms with Crippen molar-refractivity contribution in [2.75, 3.05) is 26.0 Å². The molecule has 0 bridgehead atoms. The molecular formula is C12H20N2O3S. The van der Waals surface area contributed by atoms with E-state index < -0.39 is 10.0 Å². The van der Waals surface area contributed by atoms with Crippen molar-refractivity contribution in [3.05, 3.63) is 29.8 Å². The largest absolute Gasteiger partial charge is 0.399 e. The lowest BCUT2D eigenvalue weighted by molar-refractivity contribution is 0.193. The lowest BCUT2D eigenvalue weighted by Gasteiger charge is -2.07. The Labute approximate surface area is 108 Å². The molecule has 0 saturated heterocycles. The van der Waals surface area contributed by atoms with Crippen LogP contribution in [0.5, 0.6) is 0 Å². The predicted molar refractivity (Wildman–Crippen MR) is 72.6 cm³/mol. The van der Waals surface area contributed by atoms with E-state index in [4.69, 9.17) is 10.5 Å². The molecule has 0 spiro atoms. The van der Waals surface area contributed by atoms with Crippen LogP contribution in [0, 0.1) is 0 Å². The van der Waals surface area contributed by atoms with Crippen LogP contribution in [0.2, 0.25) is 0 Å². The van der Waals surface area contributed by atoms with Gasteiger partial charge < -0.3 is 10.5 Å². The fourth-order valence-corrected chi connectivity index (χ4v) is 2.67. The van der Waals surface area contributed by atoms with Crippen LogP contribution in [0.4, 0.5) is 5.69 Å². The van der Waals surface area contributed by atoms with Gasteiger partial charge in [-0.25, -0.2) is 13.1 Å². The average Bonchev–Trinajstić information content (AvgIpc) is 2.31. The van der Waals surface area contributed by atoms with Crippen molar-refractivity contribution in [2.45, 2.75) is 18.6 Å². The second kappa shape index (κ2) is 7.35. The summed E-state index contributed by atoms with van der Waals surface area (Å²) in [6, 6.07) is 6.84. The van der Waals surface area contributed by atoms with Crippen LogP contribution >= 0.6 is 0 Å². The van der Waals surface area contributed by atoms with E-state index in [0.29, 0.717) is 18.8 Å². The Balaban J connectivity index is 2.37. The number of hydrogen-bond donors (Lipinski definition) is 2. The van der Waals surface area contributed by atoms with Crippen molar-refractivity contribution < 1.29 is 13.2 Å². The number of ether oxygens (including phenoxy) is 1. The molecule has 5 nitrogen and oxygen atoms in total. The minimum Gasteiger partial charge on any atom is -0.399 e. The molecule has 1 rings (SSSR count). The Morgan fingerprint density at radius 2 is 1.89 bits per heavy atom. The van der Waals surface area contributed by atoms with Gasteiger partial charge in [-0.3, -0.25) is 0 Å². The van der Waals surface area contributed by atoms with Crippen LogP contribution in [-0.2, 0) is 20.5 Å². The molecule has 1 aromatic carbocycles. The topological polar surface area (TPSA) is 81.4 Å². The van der Waals surface area contributed by atoms with Crippen LogP contribution in [0.1, 0.15) is 18.4 Å². The number of nitrogens with two attached hydrogens (primary N) is 1. The van der Waals surface area contributed by atoms with Crippen LogP contribution in [0.3, 0.4) is 0 Å². The molecule has 0 heterocycles. The zero-order chi connectivity index (χ0) is 13.4. The Hall–Kier alpha value is -1.11. The molecule has 102 valence electrons. The van der Waals surface area contributed by atoms with Gasteiger partial charge in [-0.1, -0.05) is 12.1 Å². The highest BCUT2D eigenvalue weighted by Crippen LogP contribution is 2.08. The molecule has 6 heteroatoms. The van der Waals surface area contributed by atoms with E-state index >= 15 is 0 Å². The standard InChI is InChI=1S/C12H20N2O3S/c1-17-9-3-2-8-14-18(15,16)10-11-4-6-12(13)7-5-11/h4-7,14H,2-3,8-10,13H2,1H3. The minimum atomic E-state index is -3.27. The van der Waals surface area contributed by atoms with Gasteiger partial charge in [-0.15, -0.1) is 0 Å². The van der Waals surface area contributed by atoms with Gasteiger partial charge in [-0.2, -0.15) is 0 Å². The summed E-state index contributed by atoms with van der Waals surface area (Å²) in [5.74, 6) is -0.0163. The molecule has 1 aromatic rings. The molecule has 0 aliphatic carbocycles. The van der Waals surface area contributed by atoms with E-state index in [1.165, 1.54) is 0 Å². The highest BCUT2D eigenvalue weighted by molar-refractivity contribution is 7.88. The minimum absolute atomic E-state index is 0.0163. The third-order valence-corrected chi connectivity index (χ3v) is 3.79. The summed E-state index contributed by atoms with van der Waals surface area (Å²) < 4.78 is 30.9. The summed E-state index contributed by atoms with van der Waals surface area (Å²) in [4.78, 5) is 0. The van der Waals surface area contributed by atoms with Crippen molar-refractivity contribution in [2.24, 2.45) is 0 Å². The highest BCUT2D eigenvalue weighted by atomic mass is 32.2. The lowest BCUT2D eigenvalue weighted by Crippen LogP contribution is -2.26. The average molecular weight is 272 g/mol. The summed E-state index contributed by atoms with van der Waals surface area (Å²) in [7, 11) is -1.64. The molecule has 0 amide bonds. The van der Waals surface area contributed by atoms with Gasteiger partial charge in [0, 0.05) is 25.9 Å². The number of anilines is 1. The number of benzene rings is 1. The van der Waals surface area contributed by atoms with Gasteiger partial charge in [0.15, 0.2) is 0 Å². The first-order chi connectivity index (χ1) is 8.53. The molecule has 0 aliphatic rings. The monoisotopic (exact) mass is 272 g/mol. The van der Waals surface area contributed by atoms with E-state index in [9.17, 15) is 8.42 Å². The Morgan fingerprint density at radius 3 is 2.50 bits per heavy atom. The number of nitrogen functional groups attached to an aromatic ring is 1. The number of sulfonamides is 1. The van der Waals surface area contributed by atoms with Gasteiger partial charge >= 0.3 is 0 Å². The zero-order valence-corrected chi connectivity index (χ0v) is 11.4. The van der Waals surface area contributed by atoms with Crippen LogP contribution in [0.25, 0.3) is 0 Å². The molecule has 0 aromatic heterocycles. The molecule has 0 fully saturated rings. The molecule has 18 heavy (non-hydrogen) atoms. The first-order valence-electron chi connectivity index (χ1n) is 5.84. The van der Waals surface area contributed by atoms with Crippen LogP contribution in [0.15, 0.2) is 24.3 Å². The van der Waals surface area contributed by atoms with Gasteiger partial charge in [0.25, 0.3) is 0 Å². The Bertz CT molecular complexity index is 443. The fraction of sp³-hybridized carbons (Fsp3) is 0.500. The van der Waals surface area contributed by atoms with E-state index in [1.54, 1.807) is 31.4 Å². The van der Waals surface area contributed by atoms with Crippen molar-refractivity contribution in [1.29, 1.82) is 0 Å². The normalized spacial score (nSPS) is 11.6. The van der Waals surface area contributed by atoms with Crippen LogP contribution in [-0.4, -0.2) is 28.7 Å².